The largest absolute Gasteiger partial charge is 0.342 e. The molecule has 4 aliphatic carbocycles. The van der Waals surface area contributed by atoms with E-state index in [4.69, 9.17) is 0 Å². The van der Waals surface area contributed by atoms with Crippen LogP contribution in [0.15, 0.2) is 0 Å². The highest BCUT2D eigenvalue weighted by atomic mass is 79.9. The summed E-state index contributed by atoms with van der Waals surface area (Å²) in [5, 5.41) is 0.795. The first-order valence-corrected chi connectivity index (χ1v) is 8.12. The zero-order valence-corrected chi connectivity index (χ0v) is 12.2. The summed E-state index contributed by atoms with van der Waals surface area (Å²) in [5.41, 5.74) is 0. The summed E-state index contributed by atoms with van der Waals surface area (Å²) < 4.78 is 0. The highest BCUT2D eigenvalue weighted by Gasteiger charge is 2.50. The first-order chi connectivity index (χ1) is 8.19. The Bertz CT molecular complexity index is 289. The molecule has 0 unspecified atom stereocenters. The predicted molar refractivity (Wildman–Crippen MR) is 72.0 cm³/mol. The fraction of sp³-hybridized carbons (Fsp3) is 0.929. The molecule has 2 nitrogen and oxygen atoms in total. The zero-order chi connectivity index (χ0) is 12.0. The van der Waals surface area contributed by atoms with Crippen molar-refractivity contribution in [3.63, 3.8) is 0 Å². The topological polar surface area (TPSA) is 20.3 Å². The van der Waals surface area contributed by atoms with E-state index < -0.39 is 0 Å². The van der Waals surface area contributed by atoms with Gasteiger partial charge < -0.3 is 4.90 Å². The van der Waals surface area contributed by atoms with Crippen LogP contribution in [0.1, 0.15) is 38.5 Å². The molecule has 4 saturated carbocycles. The third kappa shape index (κ3) is 2.05. The summed E-state index contributed by atoms with van der Waals surface area (Å²) in [4.78, 5) is 14.2. The maximum Gasteiger partial charge on any atom is 0.223 e. The lowest BCUT2D eigenvalue weighted by atomic mass is 9.54. The monoisotopic (exact) mass is 299 g/mol. The molecular formula is C14H22BrNO. The van der Waals surface area contributed by atoms with Crippen LogP contribution < -0.4 is 0 Å². The van der Waals surface area contributed by atoms with Gasteiger partial charge in [-0.2, -0.15) is 0 Å². The van der Waals surface area contributed by atoms with Gasteiger partial charge in [-0.25, -0.2) is 0 Å². The van der Waals surface area contributed by atoms with Crippen molar-refractivity contribution in [3.05, 3.63) is 0 Å². The molecule has 17 heavy (non-hydrogen) atoms. The van der Waals surface area contributed by atoms with E-state index in [1.165, 1.54) is 32.1 Å². The summed E-state index contributed by atoms with van der Waals surface area (Å²) in [6.07, 6.45) is 7.71. The van der Waals surface area contributed by atoms with Gasteiger partial charge in [-0.1, -0.05) is 15.9 Å². The van der Waals surface area contributed by atoms with Crippen LogP contribution >= 0.6 is 15.9 Å². The third-order valence-corrected chi connectivity index (χ3v) is 5.72. The molecule has 0 saturated heterocycles. The van der Waals surface area contributed by atoms with Gasteiger partial charge in [0.15, 0.2) is 0 Å². The van der Waals surface area contributed by atoms with Crippen molar-refractivity contribution < 1.29 is 4.79 Å². The molecule has 0 aromatic rings. The van der Waals surface area contributed by atoms with Crippen LogP contribution in [-0.2, 0) is 4.79 Å². The Balaban J connectivity index is 1.73. The van der Waals surface area contributed by atoms with Gasteiger partial charge in [-0.05, 0) is 55.8 Å². The van der Waals surface area contributed by atoms with E-state index in [-0.39, 0.29) is 0 Å². The average Bonchev–Trinajstić information content (AvgIpc) is 2.27. The molecule has 4 fully saturated rings. The standard InChI is InChI=1S/C14H22BrNO/c1-16(13(17)2-3-15)14-11-5-9-4-10(7-11)8-12(14)6-9/h9-12,14H,2-8H2,1H3. The molecule has 0 aliphatic heterocycles. The number of carbonyl (C=O) groups excluding carboxylic acids is 1. The Morgan fingerprint density at radius 1 is 1.12 bits per heavy atom. The summed E-state index contributed by atoms with van der Waals surface area (Å²) in [6, 6.07) is 0.564. The molecule has 0 atom stereocenters. The number of carbonyl (C=O) groups is 1. The third-order valence-electron chi connectivity index (χ3n) is 5.33. The van der Waals surface area contributed by atoms with Crippen LogP contribution in [0.2, 0.25) is 0 Å². The molecule has 1 amide bonds. The minimum Gasteiger partial charge on any atom is -0.342 e. The van der Waals surface area contributed by atoms with Crippen LogP contribution in [0.5, 0.6) is 0 Å². The predicted octanol–water partition coefficient (Wildman–Crippen LogP) is 3.05. The number of amides is 1. The maximum atomic E-state index is 12.1. The second kappa shape index (κ2) is 4.56. The SMILES string of the molecule is CN(C(=O)CCBr)C1C2CC3CC(C2)CC1C3. The van der Waals surface area contributed by atoms with E-state index in [9.17, 15) is 4.79 Å². The van der Waals surface area contributed by atoms with Crippen molar-refractivity contribution in [2.45, 2.75) is 44.6 Å². The number of alkyl halides is 1. The van der Waals surface area contributed by atoms with Crippen LogP contribution in [0.4, 0.5) is 0 Å². The quantitative estimate of drug-likeness (QED) is 0.734. The van der Waals surface area contributed by atoms with E-state index in [0.717, 1.165) is 29.0 Å². The Kier molecular flexibility index (Phi) is 3.22. The molecule has 0 aromatic carbocycles. The maximum absolute atomic E-state index is 12.1. The fourth-order valence-electron chi connectivity index (χ4n) is 4.95. The van der Waals surface area contributed by atoms with E-state index >= 15 is 0 Å². The summed E-state index contributed by atoms with van der Waals surface area (Å²) >= 11 is 3.37. The van der Waals surface area contributed by atoms with E-state index in [2.05, 4.69) is 20.8 Å². The van der Waals surface area contributed by atoms with Crippen molar-refractivity contribution in [1.29, 1.82) is 0 Å². The number of hydrogen-bond acceptors (Lipinski definition) is 1. The Hall–Kier alpha value is -0.0500. The van der Waals surface area contributed by atoms with Crippen LogP contribution in [0, 0.1) is 23.7 Å². The number of rotatable bonds is 3. The highest BCUT2D eigenvalue weighted by Crippen LogP contribution is 2.54. The number of halogens is 1. The molecular weight excluding hydrogens is 278 g/mol. The Morgan fingerprint density at radius 2 is 1.65 bits per heavy atom. The number of hydrogen-bond donors (Lipinski definition) is 0. The lowest BCUT2D eigenvalue weighted by molar-refractivity contribution is -0.140. The van der Waals surface area contributed by atoms with Gasteiger partial charge in [-0.3, -0.25) is 4.79 Å². The van der Waals surface area contributed by atoms with E-state index in [1.54, 1.807) is 0 Å². The van der Waals surface area contributed by atoms with Crippen molar-refractivity contribution in [1.82, 2.24) is 4.90 Å². The van der Waals surface area contributed by atoms with Crippen LogP contribution in [0.3, 0.4) is 0 Å². The molecule has 0 aromatic heterocycles. The molecule has 0 heterocycles. The lowest BCUT2D eigenvalue weighted by Crippen LogP contribution is -2.56. The molecule has 0 spiro atoms. The van der Waals surface area contributed by atoms with E-state index in [0.29, 0.717) is 18.4 Å². The van der Waals surface area contributed by atoms with Crippen molar-refractivity contribution in [2.75, 3.05) is 12.4 Å². The smallest absolute Gasteiger partial charge is 0.223 e. The van der Waals surface area contributed by atoms with Gasteiger partial charge in [0.1, 0.15) is 0 Å². The second-order valence-electron chi connectivity index (χ2n) is 6.36. The first-order valence-electron chi connectivity index (χ1n) is 7.00. The Morgan fingerprint density at radius 3 is 2.12 bits per heavy atom. The lowest BCUT2D eigenvalue weighted by Gasteiger charge is -2.56. The average molecular weight is 300 g/mol. The molecule has 0 N–H and O–H groups in total. The Labute approximate surface area is 112 Å². The molecule has 96 valence electrons. The molecule has 4 aliphatic rings. The van der Waals surface area contributed by atoms with Crippen LogP contribution in [0.25, 0.3) is 0 Å². The van der Waals surface area contributed by atoms with Gasteiger partial charge in [0.25, 0.3) is 0 Å². The van der Waals surface area contributed by atoms with Crippen molar-refractivity contribution in [3.8, 4) is 0 Å². The molecule has 4 rings (SSSR count). The second-order valence-corrected chi connectivity index (χ2v) is 7.16. The summed E-state index contributed by atoms with van der Waals surface area (Å²) in [6.45, 7) is 0. The normalized spacial score (nSPS) is 42.8. The van der Waals surface area contributed by atoms with Gasteiger partial charge >= 0.3 is 0 Å². The number of nitrogens with zero attached hydrogens (tertiary/aromatic N) is 1. The molecule has 0 radical (unpaired) electrons. The molecule has 3 heteroatoms. The minimum absolute atomic E-state index is 0.333. The fourth-order valence-corrected chi connectivity index (χ4v) is 5.29. The van der Waals surface area contributed by atoms with Crippen LogP contribution in [-0.4, -0.2) is 29.2 Å². The van der Waals surface area contributed by atoms with Gasteiger partial charge in [-0.15, -0.1) is 0 Å². The first kappa shape index (κ1) is 12.0. The van der Waals surface area contributed by atoms with Gasteiger partial charge in [0.05, 0.1) is 0 Å². The molecule has 4 bridgehead atoms. The van der Waals surface area contributed by atoms with Crippen molar-refractivity contribution in [2.24, 2.45) is 23.7 Å². The highest BCUT2D eigenvalue weighted by molar-refractivity contribution is 9.09. The zero-order valence-electron chi connectivity index (χ0n) is 10.6. The summed E-state index contributed by atoms with van der Waals surface area (Å²) in [5.74, 6) is 3.95. The van der Waals surface area contributed by atoms with Gasteiger partial charge in [0.2, 0.25) is 5.91 Å². The van der Waals surface area contributed by atoms with Crippen molar-refractivity contribution >= 4 is 21.8 Å². The summed E-state index contributed by atoms with van der Waals surface area (Å²) in [7, 11) is 2.04. The van der Waals surface area contributed by atoms with Gasteiger partial charge in [0, 0.05) is 24.8 Å². The van der Waals surface area contributed by atoms with E-state index in [1.807, 2.05) is 7.05 Å². The minimum atomic E-state index is 0.333.